The molecule has 11 rings (SSSR count). The third-order valence-corrected chi connectivity index (χ3v) is 15.1. The summed E-state index contributed by atoms with van der Waals surface area (Å²) in [5.74, 6) is -0.172. The number of hydrogen-bond acceptors (Lipinski definition) is 16. The van der Waals surface area contributed by atoms with Crippen LogP contribution in [-0.2, 0) is 28.5 Å². The highest BCUT2D eigenvalue weighted by molar-refractivity contribution is 7.10. The summed E-state index contributed by atoms with van der Waals surface area (Å²) in [6.45, 7) is 4.00. The van der Waals surface area contributed by atoms with E-state index in [-0.39, 0.29) is 37.3 Å². The van der Waals surface area contributed by atoms with Gasteiger partial charge < -0.3 is 67.6 Å². The molecule has 5 heterocycles. The van der Waals surface area contributed by atoms with E-state index in [0.717, 1.165) is 23.6 Å². The Kier molecular flexibility index (Phi) is 15.6. The van der Waals surface area contributed by atoms with Crippen LogP contribution in [0.1, 0.15) is 69.9 Å². The van der Waals surface area contributed by atoms with E-state index >= 15 is 0 Å². The highest BCUT2D eigenvalue weighted by atomic mass is 32.1. The molecule has 6 aromatic rings. The van der Waals surface area contributed by atoms with Crippen molar-refractivity contribution in [2.45, 2.75) is 62.4 Å². The Morgan fingerprint density at radius 2 is 1.42 bits per heavy atom. The largest absolute Gasteiger partial charge is 0.502 e. The number of carbonyl (C=O) groups excluding carboxylic acids is 1. The summed E-state index contributed by atoms with van der Waals surface area (Å²) in [5.41, 5.74) is 8.37. The van der Waals surface area contributed by atoms with E-state index in [4.69, 9.17) is 47.4 Å². The molecule has 4 aliphatic heterocycles. The maximum absolute atomic E-state index is 13.5. The number of ether oxygens (including phenoxy) is 10. The third-order valence-electron chi connectivity index (χ3n) is 14.2. The summed E-state index contributed by atoms with van der Waals surface area (Å²) in [5, 5.41) is 35.0. The number of esters is 1. The number of cyclic esters (lactones) is 1. The monoisotopic (exact) mass is 1030 g/mol. The number of thiophene rings is 1. The fraction of sp³-hybridized carbons (Fsp3) is 0.362. The Balaban J connectivity index is 0.000000192. The zero-order valence-corrected chi connectivity index (χ0v) is 42.6. The maximum atomic E-state index is 13.5. The molecule has 3 fully saturated rings. The second-order valence-electron chi connectivity index (χ2n) is 18.9. The minimum atomic E-state index is -1.47. The minimum Gasteiger partial charge on any atom is -0.502 e. The quantitative estimate of drug-likeness (QED) is 0.0698. The summed E-state index contributed by atoms with van der Waals surface area (Å²) in [4.78, 5) is 16.4. The number of benzene rings is 5. The van der Waals surface area contributed by atoms with Gasteiger partial charge in [0.15, 0.2) is 35.6 Å². The fourth-order valence-electron chi connectivity index (χ4n) is 10.5. The molecule has 10 atom stereocenters. The van der Waals surface area contributed by atoms with E-state index in [1.54, 1.807) is 18.2 Å². The van der Waals surface area contributed by atoms with Gasteiger partial charge in [0, 0.05) is 18.4 Å². The van der Waals surface area contributed by atoms with Gasteiger partial charge in [0.25, 0.3) is 0 Å². The number of fused-ring (bicyclic) bond motifs is 4. The number of hydrogen-bond donors (Lipinski definition) is 3. The van der Waals surface area contributed by atoms with Crippen LogP contribution in [0.5, 0.6) is 34.5 Å². The number of carbonyl (C=O) groups is 1. The van der Waals surface area contributed by atoms with E-state index in [0.29, 0.717) is 34.8 Å². The van der Waals surface area contributed by atoms with Crippen molar-refractivity contribution in [1.82, 2.24) is 4.90 Å². The standard InChI is InChI=1S/C32H32O13S.C26H29NO/c1-37-19-6-13(7-20(38-2)25(19)33)23-14-8-17-18(42-12-41-17)9-15(14)28(16-10-39-30(36)24(16)23)44-32-27(35)26(34)29-21(43-32)11-40-31(45-29)22-4-3-5-46-22;1-4-25(21-11-7-5-8-12-21)26(22-13-9-6-10-14-22)23-15-17-24(18-16-23)28-20-19-27(2)3/h3-9,16,21,23-24,26-29,31-35H,10-12H2,1-2H3;5-18H,4,19-20H2,1-3H3/b;26-25-/t16?,21-,23-,24+,26-,27-,28?,29-,31?,32+;/m1./s1. The predicted octanol–water partition coefficient (Wildman–Crippen LogP) is 8.75. The lowest BCUT2D eigenvalue weighted by Crippen LogP contribution is -2.62. The second kappa shape index (κ2) is 22.6. The average molecular weight is 1030 g/mol. The van der Waals surface area contributed by atoms with Gasteiger partial charge in [0.1, 0.15) is 36.8 Å². The summed E-state index contributed by atoms with van der Waals surface area (Å²) < 4.78 is 58.4. The number of aliphatic hydroxyl groups excluding tert-OH is 2. The van der Waals surface area contributed by atoms with Crippen molar-refractivity contribution < 1.29 is 67.5 Å². The topological polar surface area (TPSA) is 173 Å². The minimum absolute atomic E-state index is 0.0242. The van der Waals surface area contributed by atoms with Gasteiger partial charge in [-0.05, 0) is 113 Å². The van der Waals surface area contributed by atoms with Gasteiger partial charge in [-0.1, -0.05) is 85.8 Å². The SMILES string of the molecule is CC/C(=C(\c1ccccc1)c1ccc(OCCN(C)C)cc1)c1ccccc1.COc1cc([C@@H]2c3cc4c(cc3C(O[C@@H]3O[C@@H]5COC(c6cccs6)O[C@H]5[C@H](O)[C@H]3O)C3COC(=O)[C@@H]32)OCO4)cc(OC)c1O. The van der Waals surface area contributed by atoms with E-state index in [1.165, 1.54) is 53.4 Å². The molecule has 0 amide bonds. The number of allylic oxidation sites excluding steroid dienone is 1. The van der Waals surface area contributed by atoms with Gasteiger partial charge in [-0.3, -0.25) is 4.79 Å². The van der Waals surface area contributed by atoms with Crippen molar-refractivity contribution >= 4 is 28.5 Å². The molecular formula is C58H61NO14S. The molecule has 3 N–H and O–H groups in total. The second-order valence-corrected chi connectivity index (χ2v) is 19.9. The number of likely N-dealkylation sites (N-methyl/N-ethyl adjacent to an activating group) is 1. The zero-order chi connectivity index (χ0) is 51.5. The first-order chi connectivity index (χ1) is 36.0. The number of phenolic OH excluding ortho intramolecular Hbond substituents is 1. The number of phenols is 1. The molecule has 3 saturated heterocycles. The first-order valence-corrected chi connectivity index (χ1v) is 25.7. The van der Waals surface area contributed by atoms with Gasteiger partial charge in [-0.25, -0.2) is 0 Å². The molecule has 3 unspecified atom stereocenters. The molecule has 15 nitrogen and oxygen atoms in total. The lowest BCUT2D eigenvalue weighted by atomic mass is 9.66. The Hall–Kier alpha value is -6.47. The normalized spacial score (nSPS) is 25.9. The van der Waals surface area contributed by atoms with Crippen LogP contribution in [0.15, 0.2) is 127 Å². The van der Waals surface area contributed by atoms with Crippen molar-refractivity contribution in [3.05, 3.63) is 165 Å². The third kappa shape index (κ3) is 10.3. The summed E-state index contributed by atoms with van der Waals surface area (Å²) in [6, 6.07) is 40.5. The van der Waals surface area contributed by atoms with Crippen LogP contribution >= 0.6 is 11.3 Å². The van der Waals surface area contributed by atoms with Gasteiger partial charge >= 0.3 is 5.97 Å². The first kappa shape index (κ1) is 51.0. The van der Waals surface area contributed by atoms with Crippen LogP contribution in [0.4, 0.5) is 0 Å². The molecular weight excluding hydrogens is 967 g/mol. The predicted molar refractivity (Wildman–Crippen MR) is 276 cm³/mol. The van der Waals surface area contributed by atoms with Crippen molar-refractivity contribution in [3.63, 3.8) is 0 Å². The van der Waals surface area contributed by atoms with Crippen molar-refractivity contribution in [3.8, 4) is 34.5 Å². The highest BCUT2D eigenvalue weighted by Crippen LogP contribution is 2.57. The number of aliphatic hydroxyl groups is 2. The average Bonchev–Trinajstić information content (AvgIpc) is 4.23. The Labute approximate surface area is 434 Å². The van der Waals surface area contributed by atoms with Crippen LogP contribution in [0.2, 0.25) is 0 Å². The molecule has 388 valence electrons. The molecule has 0 saturated carbocycles. The number of rotatable bonds is 14. The van der Waals surface area contributed by atoms with Crippen LogP contribution in [0.3, 0.4) is 0 Å². The summed E-state index contributed by atoms with van der Waals surface area (Å²) in [7, 11) is 6.97. The van der Waals surface area contributed by atoms with Crippen LogP contribution in [-0.4, -0.2) is 118 Å². The van der Waals surface area contributed by atoms with E-state index in [1.807, 2.05) is 23.6 Å². The molecule has 0 spiro atoms. The number of aromatic hydroxyl groups is 1. The van der Waals surface area contributed by atoms with Crippen LogP contribution in [0.25, 0.3) is 11.1 Å². The van der Waals surface area contributed by atoms with E-state index < -0.39 is 66.8 Å². The molecule has 0 radical (unpaired) electrons. The van der Waals surface area contributed by atoms with E-state index in [2.05, 4.69) is 111 Å². The van der Waals surface area contributed by atoms with E-state index in [9.17, 15) is 20.1 Å². The van der Waals surface area contributed by atoms with Crippen LogP contribution < -0.4 is 23.7 Å². The maximum Gasteiger partial charge on any atom is 0.310 e. The highest BCUT2D eigenvalue weighted by Gasteiger charge is 2.56. The Morgan fingerprint density at radius 1 is 0.757 bits per heavy atom. The summed E-state index contributed by atoms with van der Waals surface area (Å²) >= 11 is 1.46. The molecule has 1 aliphatic carbocycles. The van der Waals surface area contributed by atoms with Crippen molar-refractivity contribution in [2.24, 2.45) is 11.8 Å². The number of nitrogens with zero attached hydrogens (tertiary/aromatic N) is 1. The molecule has 5 aromatic carbocycles. The molecule has 1 aromatic heterocycles. The molecule has 16 heteroatoms. The number of methoxy groups -OCH3 is 2. The fourth-order valence-corrected chi connectivity index (χ4v) is 11.2. The van der Waals surface area contributed by atoms with Gasteiger partial charge in [-0.2, -0.15) is 0 Å². The Morgan fingerprint density at radius 3 is 2.05 bits per heavy atom. The lowest BCUT2D eigenvalue weighted by Gasteiger charge is -2.48. The van der Waals surface area contributed by atoms with Gasteiger partial charge in [-0.15, -0.1) is 11.3 Å². The Bertz CT molecular complexity index is 2870. The van der Waals surface area contributed by atoms with Gasteiger partial charge in [0.2, 0.25) is 12.5 Å². The first-order valence-electron chi connectivity index (χ1n) is 24.8. The zero-order valence-electron chi connectivity index (χ0n) is 41.8. The smallest absolute Gasteiger partial charge is 0.310 e. The van der Waals surface area contributed by atoms with Crippen molar-refractivity contribution in [1.29, 1.82) is 0 Å². The molecule has 74 heavy (non-hydrogen) atoms. The van der Waals surface area contributed by atoms with Gasteiger partial charge in [0.05, 0.1) is 44.3 Å². The summed E-state index contributed by atoms with van der Waals surface area (Å²) in [6.07, 6.45) is -6.20. The molecule has 0 bridgehead atoms. The van der Waals surface area contributed by atoms with Crippen LogP contribution in [0, 0.1) is 11.8 Å². The van der Waals surface area contributed by atoms with Crippen molar-refractivity contribution in [2.75, 3.05) is 61.5 Å². The lowest BCUT2D eigenvalue weighted by molar-refractivity contribution is -0.368. The molecule has 5 aliphatic rings.